The van der Waals surface area contributed by atoms with Gasteiger partial charge in [0.25, 0.3) is 5.91 Å². The molecule has 2 aromatic carbocycles. The van der Waals surface area contributed by atoms with E-state index in [1.807, 2.05) is 36.4 Å². The highest BCUT2D eigenvalue weighted by atomic mass is 16.5. The number of carbonyl (C=O) groups excluding carboxylic acids is 2. The molecule has 3 aromatic rings. The average Bonchev–Trinajstić information content (AvgIpc) is 2.74. The largest absolute Gasteiger partial charge is 0.497 e. The van der Waals surface area contributed by atoms with Gasteiger partial charge in [0.15, 0.2) is 5.78 Å². The molecule has 0 unspecified atom stereocenters. The summed E-state index contributed by atoms with van der Waals surface area (Å²) in [6.07, 6.45) is 3.86. The minimum absolute atomic E-state index is 0.00376. The average molecular weight is 389 g/mol. The fourth-order valence-electron chi connectivity index (χ4n) is 2.87. The second-order valence-electron chi connectivity index (χ2n) is 6.58. The molecule has 2 N–H and O–H groups in total. The van der Waals surface area contributed by atoms with Gasteiger partial charge in [0.1, 0.15) is 5.75 Å². The van der Waals surface area contributed by atoms with E-state index in [2.05, 4.69) is 15.6 Å². The van der Waals surface area contributed by atoms with Crippen LogP contribution in [0.1, 0.15) is 33.2 Å². The van der Waals surface area contributed by atoms with Crippen LogP contribution in [-0.2, 0) is 6.42 Å². The number of rotatable bonds is 8. The number of hydrogen-bond donors (Lipinski definition) is 2. The summed E-state index contributed by atoms with van der Waals surface area (Å²) in [5, 5.41) is 6.09. The molecule has 0 radical (unpaired) electrons. The van der Waals surface area contributed by atoms with E-state index in [9.17, 15) is 9.59 Å². The molecule has 0 bridgehead atoms. The fraction of sp³-hybridized carbons (Fsp3) is 0.174. The zero-order valence-corrected chi connectivity index (χ0v) is 16.4. The maximum Gasteiger partial charge on any atom is 0.252 e. The number of anilines is 2. The minimum Gasteiger partial charge on any atom is -0.497 e. The Kier molecular flexibility index (Phi) is 6.58. The Morgan fingerprint density at radius 2 is 1.76 bits per heavy atom. The summed E-state index contributed by atoms with van der Waals surface area (Å²) in [6.45, 7) is 2.03. The Morgan fingerprint density at radius 3 is 2.55 bits per heavy atom. The van der Waals surface area contributed by atoms with Crippen LogP contribution in [0.5, 0.6) is 5.75 Å². The molecule has 3 rings (SSSR count). The first-order valence-electron chi connectivity index (χ1n) is 9.29. The summed E-state index contributed by atoms with van der Waals surface area (Å²) >= 11 is 0. The topological polar surface area (TPSA) is 80.3 Å². The number of ketones is 1. The van der Waals surface area contributed by atoms with Gasteiger partial charge >= 0.3 is 0 Å². The number of pyridine rings is 1. The third-order valence-electron chi connectivity index (χ3n) is 4.39. The van der Waals surface area contributed by atoms with Crippen LogP contribution in [0, 0.1) is 0 Å². The molecule has 1 heterocycles. The van der Waals surface area contributed by atoms with Crippen molar-refractivity contribution in [2.45, 2.75) is 13.3 Å². The summed E-state index contributed by atoms with van der Waals surface area (Å²) in [4.78, 5) is 28.1. The smallest absolute Gasteiger partial charge is 0.252 e. The molecule has 0 atom stereocenters. The first kappa shape index (κ1) is 20.1. The molecule has 0 fully saturated rings. The van der Waals surface area contributed by atoms with E-state index in [0.717, 1.165) is 17.0 Å². The summed E-state index contributed by atoms with van der Waals surface area (Å²) < 4.78 is 5.21. The van der Waals surface area contributed by atoms with Crippen molar-refractivity contribution in [3.63, 3.8) is 0 Å². The van der Waals surface area contributed by atoms with E-state index in [1.54, 1.807) is 31.5 Å². The lowest BCUT2D eigenvalue weighted by atomic mass is 10.1. The zero-order valence-electron chi connectivity index (χ0n) is 16.4. The van der Waals surface area contributed by atoms with Gasteiger partial charge < -0.3 is 15.4 Å². The molecule has 1 amide bonds. The molecule has 1 aromatic heterocycles. The highest BCUT2D eigenvalue weighted by Crippen LogP contribution is 2.18. The van der Waals surface area contributed by atoms with E-state index >= 15 is 0 Å². The van der Waals surface area contributed by atoms with Crippen molar-refractivity contribution in [2.75, 3.05) is 19.0 Å². The van der Waals surface area contributed by atoms with Gasteiger partial charge in [-0.05, 0) is 49.2 Å². The Labute approximate surface area is 169 Å². The van der Waals surface area contributed by atoms with Crippen LogP contribution < -0.4 is 15.4 Å². The van der Waals surface area contributed by atoms with Gasteiger partial charge in [0.2, 0.25) is 0 Å². The quantitative estimate of drug-likeness (QED) is 0.569. The number of benzene rings is 2. The highest BCUT2D eigenvalue weighted by molar-refractivity contribution is 5.96. The molecule has 0 aliphatic heterocycles. The number of amides is 1. The molecule has 29 heavy (non-hydrogen) atoms. The Balaban J connectivity index is 1.60. The van der Waals surface area contributed by atoms with Gasteiger partial charge in [-0.3, -0.25) is 14.6 Å². The highest BCUT2D eigenvalue weighted by Gasteiger charge is 2.08. The van der Waals surface area contributed by atoms with Crippen molar-refractivity contribution in [3.05, 3.63) is 83.7 Å². The number of carbonyl (C=O) groups is 2. The van der Waals surface area contributed by atoms with Crippen LogP contribution in [0.2, 0.25) is 0 Å². The first-order chi connectivity index (χ1) is 14.0. The third kappa shape index (κ3) is 5.65. The molecular weight excluding hydrogens is 366 g/mol. The van der Waals surface area contributed by atoms with Gasteiger partial charge in [0.05, 0.1) is 24.6 Å². The SMILES string of the molecule is COc1cccc(CCNC(=O)c2cncc(Nc3cccc(C(C)=O)c3)c2)c1. The number of ether oxygens (including phenoxy) is 1. The summed E-state index contributed by atoms with van der Waals surface area (Å²) in [5.74, 6) is 0.600. The van der Waals surface area contributed by atoms with Crippen LogP contribution in [0.4, 0.5) is 11.4 Å². The second-order valence-corrected chi connectivity index (χ2v) is 6.58. The molecular formula is C23H23N3O3. The maximum absolute atomic E-state index is 12.5. The number of aromatic nitrogens is 1. The molecule has 0 saturated heterocycles. The lowest BCUT2D eigenvalue weighted by molar-refractivity contribution is 0.0952. The van der Waals surface area contributed by atoms with E-state index in [-0.39, 0.29) is 11.7 Å². The number of Topliss-reactive ketones (excluding diaryl/α,β-unsaturated/α-hetero) is 1. The van der Waals surface area contributed by atoms with Gasteiger partial charge in [-0.25, -0.2) is 0 Å². The van der Waals surface area contributed by atoms with E-state index in [0.29, 0.717) is 29.8 Å². The Hall–Kier alpha value is -3.67. The van der Waals surface area contributed by atoms with Crippen LogP contribution in [0.3, 0.4) is 0 Å². The molecule has 6 heteroatoms. The predicted molar refractivity (Wildman–Crippen MR) is 113 cm³/mol. The molecule has 0 aliphatic rings. The molecule has 0 aliphatic carbocycles. The molecule has 148 valence electrons. The maximum atomic E-state index is 12.5. The lowest BCUT2D eigenvalue weighted by Gasteiger charge is -2.10. The molecule has 0 saturated carbocycles. The fourth-order valence-corrected chi connectivity index (χ4v) is 2.87. The van der Waals surface area contributed by atoms with Crippen LogP contribution >= 0.6 is 0 Å². The minimum atomic E-state index is -0.193. The monoisotopic (exact) mass is 389 g/mol. The third-order valence-corrected chi connectivity index (χ3v) is 4.39. The van der Waals surface area contributed by atoms with Crippen molar-refractivity contribution in [3.8, 4) is 5.75 Å². The van der Waals surface area contributed by atoms with Crippen LogP contribution in [0.15, 0.2) is 67.0 Å². The van der Waals surface area contributed by atoms with Crippen molar-refractivity contribution in [2.24, 2.45) is 0 Å². The lowest BCUT2D eigenvalue weighted by Crippen LogP contribution is -2.25. The van der Waals surface area contributed by atoms with Gasteiger partial charge in [-0.15, -0.1) is 0 Å². The Bertz CT molecular complexity index is 1020. The first-order valence-corrected chi connectivity index (χ1v) is 9.29. The van der Waals surface area contributed by atoms with Gasteiger partial charge in [-0.2, -0.15) is 0 Å². The molecule has 0 spiro atoms. The van der Waals surface area contributed by atoms with Crippen molar-refractivity contribution < 1.29 is 14.3 Å². The number of methoxy groups -OCH3 is 1. The number of hydrogen-bond acceptors (Lipinski definition) is 5. The van der Waals surface area contributed by atoms with Gasteiger partial charge in [0, 0.05) is 24.0 Å². The van der Waals surface area contributed by atoms with Crippen LogP contribution in [0.25, 0.3) is 0 Å². The van der Waals surface area contributed by atoms with Crippen molar-refractivity contribution in [1.29, 1.82) is 0 Å². The Morgan fingerprint density at radius 1 is 0.966 bits per heavy atom. The molecule has 6 nitrogen and oxygen atoms in total. The summed E-state index contributed by atoms with van der Waals surface area (Å²) in [7, 11) is 1.63. The van der Waals surface area contributed by atoms with E-state index in [4.69, 9.17) is 4.74 Å². The van der Waals surface area contributed by atoms with Crippen molar-refractivity contribution >= 4 is 23.1 Å². The normalized spacial score (nSPS) is 10.3. The summed E-state index contributed by atoms with van der Waals surface area (Å²) in [5.41, 5.74) is 3.60. The number of nitrogens with zero attached hydrogens (tertiary/aromatic N) is 1. The zero-order chi connectivity index (χ0) is 20.6. The number of nitrogens with one attached hydrogen (secondary N) is 2. The summed E-state index contributed by atoms with van der Waals surface area (Å²) in [6, 6.07) is 16.7. The predicted octanol–water partition coefficient (Wildman–Crippen LogP) is 4.01. The van der Waals surface area contributed by atoms with E-state index in [1.165, 1.54) is 13.1 Å². The van der Waals surface area contributed by atoms with Crippen molar-refractivity contribution in [1.82, 2.24) is 10.3 Å². The van der Waals surface area contributed by atoms with Crippen LogP contribution in [-0.4, -0.2) is 30.3 Å². The second kappa shape index (κ2) is 9.50. The van der Waals surface area contributed by atoms with E-state index < -0.39 is 0 Å². The standard InChI is InChI=1S/C23H23N3O3/c1-16(27)18-6-4-7-20(12-18)26-21-13-19(14-24-15-21)23(28)25-10-9-17-5-3-8-22(11-17)29-2/h3-8,11-15,26H,9-10H2,1-2H3,(H,25,28). The van der Waals surface area contributed by atoms with Gasteiger partial charge in [-0.1, -0.05) is 24.3 Å².